The maximum Gasteiger partial charge on any atom is 0.416 e. The lowest BCUT2D eigenvalue weighted by molar-refractivity contribution is -0.137. The minimum Gasteiger partial charge on any atom is -0.348 e. The van der Waals surface area contributed by atoms with Crippen LogP contribution >= 0.6 is 0 Å². The molecule has 1 aliphatic rings. The van der Waals surface area contributed by atoms with Crippen LogP contribution < -0.4 is 14.9 Å². The van der Waals surface area contributed by atoms with Crippen LogP contribution in [0, 0.1) is 0 Å². The van der Waals surface area contributed by atoms with E-state index >= 15 is 0 Å². The van der Waals surface area contributed by atoms with E-state index in [-0.39, 0.29) is 18.5 Å². The van der Waals surface area contributed by atoms with Gasteiger partial charge < -0.3 is 10.2 Å². The van der Waals surface area contributed by atoms with E-state index in [0.29, 0.717) is 16.9 Å². The number of nitrogens with one attached hydrogen (secondary N) is 2. The molecule has 1 heterocycles. The lowest BCUT2D eigenvalue weighted by Gasteiger charge is -2.37. The van der Waals surface area contributed by atoms with Gasteiger partial charge in [0.1, 0.15) is 0 Å². The summed E-state index contributed by atoms with van der Waals surface area (Å²) in [5, 5.41) is 2.73. The number of fused-ring (bicyclic) bond motifs is 1. The standard InChI is InChI=1S/C21H20F3N3O4S/c1-3-19(28)25-14-11-17-16(20(29)26-32(2,30)31)5-4-6-18(17)27(12-14)15-9-7-13(8-10-15)21(22,23)24/h3-10,14H,1,11-12H2,2H3,(H,25,28)(H,26,29)/t14-/m1/s1. The van der Waals surface area contributed by atoms with Gasteiger partial charge in [-0.2, -0.15) is 13.2 Å². The molecule has 2 amide bonds. The van der Waals surface area contributed by atoms with E-state index in [1.165, 1.54) is 18.2 Å². The molecule has 0 spiro atoms. The highest BCUT2D eigenvalue weighted by atomic mass is 32.2. The fourth-order valence-corrected chi connectivity index (χ4v) is 3.99. The summed E-state index contributed by atoms with van der Waals surface area (Å²) in [6, 6.07) is 8.65. The van der Waals surface area contributed by atoms with Gasteiger partial charge in [-0.3, -0.25) is 9.59 Å². The van der Waals surface area contributed by atoms with Crippen molar-refractivity contribution in [2.24, 2.45) is 0 Å². The third kappa shape index (κ3) is 5.28. The van der Waals surface area contributed by atoms with Crippen LogP contribution in [0.4, 0.5) is 24.5 Å². The molecule has 0 fully saturated rings. The van der Waals surface area contributed by atoms with Gasteiger partial charge in [-0.1, -0.05) is 12.6 Å². The van der Waals surface area contributed by atoms with Crippen LogP contribution in [-0.4, -0.2) is 39.1 Å². The minimum absolute atomic E-state index is 0.0855. The van der Waals surface area contributed by atoms with Crippen molar-refractivity contribution in [3.05, 3.63) is 71.8 Å². The van der Waals surface area contributed by atoms with Gasteiger partial charge in [-0.25, -0.2) is 13.1 Å². The number of hydrogen-bond acceptors (Lipinski definition) is 5. The summed E-state index contributed by atoms with van der Waals surface area (Å²) in [7, 11) is -3.82. The number of sulfonamides is 1. The normalized spacial score (nSPS) is 16.1. The van der Waals surface area contributed by atoms with Crippen molar-refractivity contribution in [2.45, 2.75) is 18.6 Å². The largest absolute Gasteiger partial charge is 0.416 e. The van der Waals surface area contributed by atoms with Crippen LogP contribution in [0.2, 0.25) is 0 Å². The summed E-state index contributed by atoms with van der Waals surface area (Å²) in [5.41, 5.74) is 0.667. The SMILES string of the molecule is C=CC(=O)N[C@@H]1Cc2c(C(=O)NS(C)(=O)=O)cccc2N(c2ccc(C(F)(F)F)cc2)C1. The first-order valence-electron chi connectivity index (χ1n) is 9.41. The number of hydrogen-bond donors (Lipinski definition) is 2. The van der Waals surface area contributed by atoms with Gasteiger partial charge in [0, 0.05) is 23.5 Å². The molecule has 170 valence electrons. The monoisotopic (exact) mass is 467 g/mol. The summed E-state index contributed by atoms with van der Waals surface area (Å²) in [4.78, 5) is 26.1. The van der Waals surface area contributed by atoms with Crippen molar-refractivity contribution in [3.63, 3.8) is 0 Å². The molecule has 0 aromatic heterocycles. The Bertz CT molecular complexity index is 1160. The van der Waals surface area contributed by atoms with Crippen LogP contribution in [-0.2, 0) is 27.4 Å². The molecule has 0 unspecified atom stereocenters. The Labute approximate surface area is 183 Å². The van der Waals surface area contributed by atoms with Crippen LogP contribution in [0.1, 0.15) is 21.5 Å². The molecule has 1 aliphatic heterocycles. The first kappa shape index (κ1) is 23.3. The molecule has 0 aliphatic carbocycles. The van der Waals surface area contributed by atoms with Crippen LogP contribution in [0.25, 0.3) is 0 Å². The van der Waals surface area contributed by atoms with Gasteiger partial charge in [0.25, 0.3) is 5.91 Å². The first-order chi connectivity index (χ1) is 14.9. The molecule has 0 saturated carbocycles. The highest BCUT2D eigenvalue weighted by molar-refractivity contribution is 7.89. The summed E-state index contributed by atoms with van der Waals surface area (Å²) >= 11 is 0. The molecule has 2 N–H and O–H groups in total. The fraction of sp³-hybridized carbons (Fsp3) is 0.238. The van der Waals surface area contributed by atoms with Crippen molar-refractivity contribution in [1.29, 1.82) is 0 Å². The van der Waals surface area contributed by atoms with E-state index in [1.807, 2.05) is 4.72 Å². The highest BCUT2D eigenvalue weighted by Crippen LogP contribution is 2.37. The first-order valence-corrected chi connectivity index (χ1v) is 11.3. The highest BCUT2D eigenvalue weighted by Gasteiger charge is 2.32. The zero-order valence-corrected chi connectivity index (χ0v) is 17.8. The molecule has 2 aromatic carbocycles. The number of nitrogens with zero attached hydrogens (tertiary/aromatic N) is 1. The van der Waals surface area contributed by atoms with Crippen molar-refractivity contribution < 1.29 is 31.2 Å². The van der Waals surface area contributed by atoms with Crippen LogP contribution in [0.15, 0.2) is 55.1 Å². The fourth-order valence-electron chi connectivity index (χ4n) is 3.54. The molecule has 0 bridgehead atoms. The molecular formula is C21H20F3N3O4S. The Balaban J connectivity index is 2.07. The molecule has 7 nitrogen and oxygen atoms in total. The smallest absolute Gasteiger partial charge is 0.348 e. The van der Waals surface area contributed by atoms with E-state index < -0.39 is 39.6 Å². The third-order valence-electron chi connectivity index (χ3n) is 4.86. The Morgan fingerprint density at radius 1 is 1.16 bits per heavy atom. The number of amides is 2. The van der Waals surface area contributed by atoms with Gasteiger partial charge in [0.05, 0.1) is 17.9 Å². The number of anilines is 2. The average molecular weight is 467 g/mol. The Morgan fingerprint density at radius 2 is 1.81 bits per heavy atom. The molecule has 1 atom stereocenters. The quantitative estimate of drug-likeness (QED) is 0.660. The lowest BCUT2D eigenvalue weighted by atomic mass is 9.92. The maximum atomic E-state index is 13.0. The molecule has 32 heavy (non-hydrogen) atoms. The third-order valence-corrected chi connectivity index (χ3v) is 5.41. The number of carbonyl (C=O) groups is 2. The van der Waals surface area contributed by atoms with E-state index in [9.17, 15) is 31.2 Å². The number of carbonyl (C=O) groups excluding carboxylic acids is 2. The Morgan fingerprint density at radius 3 is 2.38 bits per heavy atom. The van der Waals surface area contributed by atoms with Crippen molar-refractivity contribution in [1.82, 2.24) is 10.0 Å². The second-order valence-electron chi connectivity index (χ2n) is 7.28. The molecule has 11 heteroatoms. The summed E-state index contributed by atoms with van der Waals surface area (Å²) < 4.78 is 63.8. The van der Waals surface area contributed by atoms with E-state index in [2.05, 4.69) is 11.9 Å². The van der Waals surface area contributed by atoms with E-state index in [4.69, 9.17) is 0 Å². The van der Waals surface area contributed by atoms with Crippen molar-refractivity contribution in [2.75, 3.05) is 17.7 Å². The molecule has 2 aromatic rings. The van der Waals surface area contributed by atoms with Gasteiger partial charge in [-0.05, 0) is 54.5 Å². The second kappa shape index (κ2) is 8.65. The summed E-state index contributed by atoms with van der Waals surface area (Å²) in [6.07, 6.45) is -2.35. The number of alkyl halides is 3. The molecule has 0 radical (unpaired) electrons. The Kier molecular flexibility index (Phi) is 6.31. The van der Waals surface area contributed by atoms with Crippen molar-refractivity contribution in [3.8, 4) is 0 Å². The van der Waals surface area contributed by atoms with Crippen LogP contribution in [0.3, 0.4) is 0 Å². The molecule has 3 rings (SSSR count). The van der Waals surface area contributed by atoms with Gasteiger partial charge >= 0.3 is 6.18 Å². The second-order valence-corrected chi connectivity index (χ2v) is 9.02. The van der Waals surface area contributed by atoms with Gasteiger partial charge in [0.15, 0.2) is 0 Å². The number of halogens is 3. The predicted molar refractivity (Wildman–Crippen MR) is 113 cm³/mol. The zero-order chi connectivity index (χ0) is 23.7. The van der Waals surface area contributed by atoms with Crippen LogP contribution in [0.5, 0.6) is 0 Å². The zero-order valence-electron chi connectivity index (χ0n) is 16.9. The summed E-state index contributed by atoms with van der Waals surface area (Å²) in [6.45, 7) is 3.62. The van der Waals surface area contributed by atoms with E-state index in [1.54, 1.807) is 17.0 Å². The Hall–Kier alpha value is -3.34. The predicted octanol–water partition coefficient (Wildman–Crippen LogP) is 2.76. The van der Waals surface area contributed by atoms with Crippen molar-refractivity contribution >= 4 is 33.2 Å². The number of benzene rings is 2. The average Bonchev–Trinajstić information content (AvgIpc) is 2.70. The maximum absolute atomic E-state index is 13.0. The topological polar surface area (TPSA) is 95.6 Å². The summed E-state index contributed by atoms with van der Waals surface area (Å²) in [5.74, 6) is -1.30. The number of rotatable bonds is 5. The van der Waals surface area contributed by atoms with E-state index in [0.717, 1.165) is 24.5 Å². The molecular weight excluding hydrogens is 447 g/mol. The lowest BCUT2D eigenvalue weighted by Crippen LogP contribution is -2.47. The van der Waals surface area contributed by atoms with Gasteiger partial charge in [-0.15, -0.1) is 0 Å². The van der Waals surface area contributed by atoms with Gasteiger partial charge in [0.2, 0.25) is 15.9 Å². The minimum atomic E-state index is -4.49. The molecule has 0 saturated heterocycles.